The van der Waals surface area contributed by atoms with Crippen molar-refractivity contribution in [2.24, 2.45) is 0 Å². The van der Waals surface area contributed by atoms with Crippen molar-refractivity contribution in [1.29, 1.82) is 0 Å². The maximum atomic E-state index is 2.42. The van der Waals surface area contributed by atoms with Crippen molar-refractivity contribution in [3.8, 4) is 44.5 Å². The molecule has 2 nitrogen and oxygen atoms in total. The molecule has 68 heavy (non-hydrogen) atoms. The molecule has 12 aromatic carbocycles. The Hall–Kier alpha value is -8.98. The summed E-state index contributed by atoms with van der Waals surface area (Å²) < 4.78 is 0. The van der Waals surface area contributed by atoms with Gasteiger partial charge in [-0.2, -0.15) is 0 Å². The van der Waals surface area contributed by atoms with Crippen molar-refractivity contribution in [2.75, 3.05) is 9.80 Å². The van der Waals surface area contributed by atoms with E-state index in [4.69, 9.17) is 0 Å². The van der Waals surface area contributed by atoms with Gasteiger partial charge in [-0.25, -0.2) is 0 Å². The Morgan fingerprint density at radius 1 is 0.176 bits per heavy atom. The fraction of sp³-hybridized carbons (Fsp3) is 0. The van der Waals surface area contributed by atoms with Gasteiger partial charge in [-0.15, -0.1) is 0 Å². The van der Waals surface area contributed by atoms with Crippen LogP contribution in [0.5, 0.6) is 0 Å². The van der Waals surface area contributed by atoms with Gasteiger partial charge in [-0.3, -0.25) is 0 Å². The quantitative estimate of drug-likeness (QED) is 0.126. The van der Waals surface area contributed by atoms with Crippen molar-refractivity contribution in [3.63, 3.8) is 0 Å². The summed E-state index contributed by atoms with van der Waals surface area (Å²) in [5.41, 5.74) is 16.0. The zero-order valence-electron chi connectivity index (χ0n) is 37.5. The van der Waals surface area contributed by atoms with E-state index in [2.05, 4.69) is 289 Å². The molecule has 0 N–H and O–H groups in total. The van der Waals surface area contributed by atoms with E-state index >= 15 is 0 Å². The van der Waals surface area contributed by atoms with Crippen LogP contribution in [0.15, 0.2) is 279 Å². The number of nitrogens with zero attached hydrogens (tertiary/aromatic N) is 2. The second-order valence-corrected chi connectivity index (χ2v) is 17.3. The van der Waals surface area contributed by atoms with Gasteiger partial charge >= 0.3 is 0 Å². The Bertz CT molecular complexity index is 3630. The zero-order valence-corrected chi connectivity index (χ0v) is 37.5. The minimum absolute atomic E-state index is 1.08. The highest BCUT2D eigenvalue weighted by atomic mass is 15.1. The molecule has 12 aromatic rings. The van der Waals surface area contributed by atoms with Crippen LogP contribution in [0.3, 0.4) is 0 Å². The Morgan fingerprint density at radius 2 is 0.544 bits per heavy atom. The van der Waals surface area contributed by atoms with Crippen LogP contribution in [0.2, 0.25) is 0 Å². The first-order valence-electron chi connectivity index (χ1n) is 23.3. The van der Waals surface area contributed by atoms with E-state index in [1.165, 1.54) is 65.7 Å². The van der Waals surface area contributed by atoms with Crippen molar-refractivity contribution in [2.45, 2.75) is 0 Å². The third-order valence-electron chi connectivity index (χ3n) is 13.2. The van der Waals surface area contributed by atoms with E-state index < -0.39 is 0 Å². The molecule has 0 atom stereocenters. The molecular formula is C66H46N2. The van der Waals surface area contributed by atoms with Gasteiger partial charge in [-0.1, -0.05) is 212 Å². The van der Waals surface area contributed by atoms with Crippen LogP contribution in [0.4, 0.5) is 34.1 Å². The van der Waals surface area contributed by atoms with Gasteiger partial charge in [0.1, 0.15) is 0 Å². The first-order valence-corrected chi connectivity index (χ1v) is 23.3. The molecule has 0 spiro atoms. The number of hydrogen-bond acceptors (Lipinski definition) is 2. The van der Waals surface area contributed by atoms with Crippen LogP contribution in [0, 0.1) is 0 Å². The van der Waals surface area contributed by atoms with Crippen molar-refractivity contribution in [3.05, 3.63) is 279 Å². The van der Waals surface area contributed by atoms with Gasteiger partial charge in [0.15, 0.2) is 0 Å². The molecule has 12 rings (SSSR count). The average Bonchev–Trinajstić information content (AvgIpc) is 3.42. The lowest BCUT2D eigenvalue weighted by Crippen LogP contribution is -2.11. The lowest BCUT2D eigenvalue weighted by atomic mass is 9.96. The molecule has 0 unspecified atom stereocenters. The topological polar surface area (TPSA) is 6.48 Å². The number of benzene rings is 12. The normalized spacial score (nSPS) is 11.2. The molecule has 0 heterocycles. The summed E-state index contributed by atoms with van der Waals surface area (Å²) in [5, 5.41) is 7.31. The van der Waals surface area contributed by atoms with E-state index in [0.29, 0.717) is 0 Å². The maximum Gasteiger partial charge on any atom is 0.0546 e. The van der Waals surface area contributed by atoms with Crippen molar-refractivity contribution in [1.82, 2.24) is 0 Å². The Labute approximate surface area is 397 Å². The summed E-state index contributed by atoms with van der Waals surface area (Å²) in [7, 11) is 0. The van der Waals surface area contributed by atoms with Crippen molar-refractivity contribution >= 4 is 66.4 Å². The molecule has 0 bridgehead atoms. The predicted octanol–water partition coefficient (Wildman–Crippen LogP) is 18.8. The van der Waals surface area contributed by atoms with E-state index in [1.807, 2.05) is 0 Å². The van der Waals surface area contributed by atoms with E-state index in [1.54, 1.807) is 0 Å². The smallest absolute Gasteiger partial charge is 0.0546 e. The summed E-state index contributed by atoms with van der Waals surface area (Å²) in [6.45, 7) is 0. The molecular weight excluding hydrogens is 821 g/mol. The highest BCUT2D eigenvalue weighted by Gasteiger charge is 2.20. The van der Waals surface area contributed by atoms with Crippen LogP contribution in [-0.4, -0.2) is 0 Å². The minimum Gasteiger partial charge on any atom is -0.310 e. The van der Waals surface area contributed by atoms with Gasteiger partial charge in [0.05, 0.1) is 11.4 Å². The SMILES string of the molecule is c1ccc(-c2ccc(N(c3ccc(-c4ccc(N(c5cc(-c6ccccc6)cc(-c6ccccc6)c5)c5cccc6ccccc56)cc4)cc3)c3cc4ccccc4c4ccccc34)cc2)cc1. The Kier molecular flexibility index (Phi) is 10.6. The second kappa shape index (κ2) is 17.8. The maximum absolute atomic E-state index is 2.42. The molecule has 0 aliphatic heterocycles. The number of rotatable bonds is 10. The summed E-state index contributed by atoms with van der Waals surface area (Å²) >= 11 is 0. The molecule has 0 fully saturated rings. The minimum atomic E-state index is 1.08. The van der Waals surface area contributed by atoms with Crippen LogP contribution >= 0.6 is 0 Å². The van der Waals surface area contributed by atoms with Gasteiger partial charge in [0.2, 0.25) is 0 Å². The fourth-order valence-corrected chi connectivity index (χ4v) is 9.85. The molecule has 0 saturated heterocycles. The Balaban J connectivity index is 0.955. The number of anilines is 6. The zero-order chi connectivity index (χ0) is 45.2. The van der Waals surface area contributed by atoms with Crippen LogP contribution < -0.4 is 9.80 Å². The highest BCUT2D eigenvalue weighted by molar-refractivity contribution is 6.14. The fourth-order valence-electron chi connectivity index (χ4n) is 9.85. The third-order valence-corrected chi connectivity index (χ3v) is 13.2. The van der Waals surface area contributed by atoms with Gasteiger partial charge in [-0.05, 0) is 133 Å². The highest BCUT2D eigenvalue weighted by Crippen LogP contribution is 2.45. The average molecular weight is 867 g/mol. The van der Waals surface area contributed by atoms with Crippen LogP contribution in [-0.2, 0) is 0 Å². The number of hydrogen-bond donors (Lipinski definition) is 0. The third kappa shape index (κ3) is 7.74. The molecule has 0 aliphatic rings. The van der Waals surface area contributed by atoms with E-state index in [0.717, 1.165) is 45.3 Å². The molecule has 0 radical (unpaired) electrons. The molecule has 0 aromatic heterocycles. The van der Waals surface area contributed by atoms with Crippen LogP contribution in [0.25, 0.3) is 76.8 Å². The van der Waals surface area contributed by atoms with Gasteiger partial charge in [0, 0.05) is 33.5 Å². The first kappa shape index (κ1) is 40.5. The molecule has 0 amide bonds. The monoisotopic (exact) mass is 866 g/mol. The molecule has 0 saturated carbocycles. The van der Waals surface area contributed by atoms with E-state index in [9.17, 15) is 0 Å². The largest absolute Gasteiger partial charge is 0.310 e. The predicted molar refractivity (Wildman–Crippen MR) is 290 cm³/mol. The lowest BCUT2D eigenvalue weighted by Gasteiger charge is -2.28. The van der Waals surface area contributed by atoms with Gasteiger partial charge in [0.25, 0.3) is 0 Å². The van der Waals surface area contributed by atoms with Crippen LogP contribution in [0.1, 0.15) is 0 Å². The summed E-state index contributed by atoms with van der Waals surface area (Å²) in [6.07, 6.45) is 0. The molecule has 0 aliphatic carbocycles. The lowest BCUT2D eigenvalue weighted by molar-refractivity contribution is 1.29. The molecule has 2 heteroatoms. The summed E-state index contributed by atoms with van der Waals surface area (Å²) in [6, 6.07) is 101. The Morgan fingerprint density at radius 3 is 1.06 bits per heavy atom. The second-order valence-electron chi connectivity index (χ2n) is 17.3. The molecule has 320 valence electrons. The van der Waals surface area contributed by atoms with E-state index in [-0.39, 0.29) is 0 Å². The standard InChI is InChI=1S/C66H46N2/c1-4-17-47(18-5-1)50-31-37-57(38-32-50)67(66-46-54-24-11-12-26-61(54)63-28-14-15-29-64(63)66)58-39-33-51(34-40-58)52-35-41-59(42-36-52)68(65-30-16-25-53-23-10-13-27-62(53)65)60-44-55(48-19-6-2-7-20-48)43-56(45-60)49-21-8-3-9-22-49/h1-46H. The number of fused-ring (bicyclic) bond motifs is 4. The summed E-state index contributed by atoms with van der Waals surface area (Å²) in [5.74, 6) is 0. The van der Waals surface area contributed by atoms with Gasteiger partial charge < -0.3 is 9.80 Å². The van der Waals surface area contributed by atoms with Crippen molar-refractivity contribution < 1.29 is 0 Å². The summed E-state index contributed by atoms with van der Waals surface area (Å²) in [4.78, 5) is 4.83. The first-order chi connectivity index (χ1) is 33.7.